The van der Waals surface area contributed by atoms with Crippen LogP contribution in [0.1, 0.15) is 38.3 Å². The van der Waals surface area contributed by atoms with Gasteiger partial charge < -0.3 is 20.5 Å². The Hall–Kier alpha value is -2.55. The minimum absolute atomic E-state index is 0.0836. The summed E-state index contributed by atoms with van der Waals surface area (Å²) in [5.74, 6) is 0.811. The van der Waals surface area contributed by atoms with Gasteiger partial charge in [0.1, 0.15) is 5.82 Å². The van der Waals surface area contributed by atoms with Crippen molar-refractivity contribution in [1.29, 1.82) is 0 Å². The largest absolute Gasteiger partial charge is 0.573 e. The van der Waals surface area contributed by atoms with Gasteiger partial charge in [-0.15, -0.1) is 13.2 Å². The van der Waals surface area contributed by atoms with Gasteiger partial charge in [-0.25, -0.2) is 4.98 Å². The zero-order valence-electron chi connectivity index (χ0n) is 15.6. The number of para-hydroxylation sites is 2. The van der Waals surface area contributed by atoms with Gasteiger partial charge in [0.2, 0.25) is 5.95 Å². The highest BCUT2D eigenvalue weighted by atomic mass is 19.4. The van der Waals surface area contributed by atoms with E-state index in [4.69, 9.17) is 0 Å². The van der Waals surface area contributed by atoms with Gasteiger partial charge in [0.05, 0.1) is 24.0 Å². The maximum atomic E-state index is 12.7. The number of aliphatic hydroxyl groups excluding tert-OH is 1. The fraction of sp³-hybridized carbons (Fsp3) is 0.474. The molecule has 0 spiro atoms. The summed E-state index contributed by atoms with van der Waals surface area (Å²) in [4.78, 5) is 8.87. The third-order valence-corrected chi connectivity index (χ3v) is 4.43. The van der Waals surface area contributed by atoms with Gasteiger partial charge in [-0.1, -0.05) is 26.0 Å². The van der Waals surface area contributed by atoms with E-state index >= 15 is 0 Å². The number of alkyl halides is 3. The van der Waals surface area contributed by atoms with E-state index in [1.54, 1.807) is 12.1 Å². The molecule has 6 nitrogen and oxygen atoms in total. The molecule has 1 fully saturated rings. The first-order valence-corrected chi connectivity index (χ1v) is 9.13. The first-order chi connectivity index (χ1) is 13.2. The van der Waals surface area contributed by atoms with Gasteiger partial charge in [-0.3, -0.25) is 0 Å². The number of aliphatic hydroxyl groups is 1. The molecule has 0 aliphatic heterocycles. The lowest BCUT2D eigenvalue weighted by Gasteiger charge is -2.21. The van der Waals surface area contributed by atoms with E-state index in [9.17, 15) is 18.3 Å². The van der Waals surface area contributed by atoms with E-state index < -0.39 is 6.36 Å². The summed E-state index contributed by atoms with van der Waals surface area (Å²) in [6.45, 7) is 3.84. The maximum Gasteiger partial charge on any atom is 0.573 e. The topological polar surface area (TPSA) is 79.3 Å². The molecule has 0 amide bonds. The molecule has 0 radical (unpaired) electrons. The highest BCUT2D eigenvalue weighted by Crippen LogP contribution is 2.40. The monoisotopic (exact) mass is 396 g/mol. The molecule has 9 heteroatoms. The average Bonchev–Trinajstić information content (AvgIpc) is 3.45. The van der Waals surface area contributed by atoms with Gasteiger partial charge in [-0.05, 0) is 30.9 Å². The zero-order valence-corrected chi connectivity index (χ0v) is 15.6. The molecule has 1 aliphatic carbocycles. The quantitative estimate of drug-likeness (QED) is 0.613. The first-order valence-electron chi connectivity index (χ1n) is 9.13. The number of nitrogens with zero attached hydrogens (tertiary/aromatic N) is 2. The van der Waals surface area contributed by atoms with E-state index in [0.29, 0.717) is 17.7 Å². The van der Waals surface area contributed by atoms with E-state index in [-0.39, 0.29) is 30.0 Å². The Bertz CT molecular complexity index is 810. The molecule has 1 aromatic heterocycles. The number of nitrogens with one attached hydrogen (secondary N) is 2. The predicted octanol–water partition coefficient (Wildman–Crippen LogP) is 4.43. The standard InChI is InChI=1S/C19H23F3N4O2/c1-11(2)15(10-27)25-18-24-14(12-7-8-12)9-17(26-18)23-13-5-3-4-6-16(13)28-19(20,21)22/h3-6,9,11-12,15,27H,7-8,10H2,1-2H3,(H2,23,24,25,26)/t15-/m1/s1. The Morgan fingerprint density at radius 2 is 1.93 bits per heavy atom. The third-order valence-electron chi connectivity index (χ3n) is 4.43. The van der Waals surface area contributed by atoms with Crippen LogP contribution in [-0.4, -0.2) is 34.1 Å². The minimum Gasteiger partial charge on any atom is -0.404 e. The second-order valence-corrected chi connectivity index (χ2v) is 7.12. The molecule has 0 bridgehead atoms. The Morgan fingerprint density at radius 1 is 1.21 bits per heavy atom. The third kappa shape index (κ3) is 5.48. The molecule has 1 heterocycles. The van der Waals surface area contributed by atoms with Crippen molar-refractivity contribution >= 4 is 17.5 Å². The summed E-state index contributed by atoms with van der Waals surface area (Å²) in [6, 6.07) is 7.29. The van der Waals surface area contributed by atoms with Gasteiger partial charge in [0.15, 0.2) is 5.75 Å². The average molecular weight is 396 g/mol. The molecule has 28 heavy (non-hydrogen) atoms. The SMILES string of the molecule is CC(C)[C@@H](CO)Nc1nc(Nc2ccccc2OC(F)(F)F)cc(C2CC2)n1. The van der Waals surface area contributed by atoms with Crippen molar-refractivity contribution < 1.29 is 23.0 Å². The van der Waals surface area contributed by atoms with E-state index in [0.717, 1.165) is 18.5 Å². The Balaban J connectivity index is 1.88. The van der Waals surface area contributed by atoms with Crippen LogP contribution in [0.5, 0.6) is 5.75 Å². The molecule has 1 atom stereocenters. The minimum atomic E-state index is -4.79. The van der Waals surface area contributed by atoms with Crippen LogP contribution >= 0.6 is 0 Å². The Kier molecular flexibility index (Phi) is 5.93. The number of benzene rings is 1. The van der Waals surface area contributed by atoms with Crippen LogP contribution in [0, 0.1) is 5.92 Å². The number of ether oxygens (including phenoxy) is 1. The van der Waals surface area contributed by atoms with Crippen molar-refractivity contribution in [2.45, 2.75) is 45.0 Å². The van der Waals surface area contributed by atoms with E-state index in [1.807, 2.05) is 13.8 Å². The highest BCUT2D eigenvalue weighted by molar-refractivity contribution is 5.65. The number of anilines is 3. The lowest BCUT2D eigenvalue weighted by atomic mass is 10.1. The molecular weight excluding hydrogens is 373 g/mol. The molecule has 2 aromatic rings. The molecule has 1 aliphatic rings. The number of hydrogen-bond acceptors (Lipinski definition) is 6. The van der Waals surface area contributed by atoms with Crippen LogP contribution in [0.4, 0.5) is 30.6 Å². The van der Waals surface area contributed by atoms with Crippen LogP contribution in [0.3, 0.4) is 0 Å². The van der Waals surface area contributed by atoms with Crippen LogP contribution in [0.2, 0.25) is 0 Å². The predicted molar refractivity (Wildman–Crippen MR) is 99.7 cm³/mol. The molecule has 152 valence electrons. The second kappa shape index (κ2) is 8.22. The van der Waals surface area contributed by atoms with E-state index in [2.05, 4.69) is 25.3 Å². The maximum absolute atomic E-state index is 12.7. The van der Waals surface area contributed by atoms with Gasteiger partial charge >= 0.3 is 6.36 Å². The van der Waals surface area contributed by atoms with Crippen LogP contribution in [0.25, 0.3) is 0 Å². The van der Waals surface area contributed by atoms with Crippen molar-refractivity contribution in [3.63, 3.8) is 0 Å². The van der Waals surface area contributed by atoms with Crippen LogP contribution < -0.4 is 15.4 Å². The number of hydrogen-bond donors (Lipinski definition) is 3. The number of aromatic nitrogens is 2. The lowest BCUT2D eigenvalue weighted by Crippen LogP contribution is -2.30. The molecule has 3 rings (SSSR count). The van der Waals surface area contributed by atoms with Crippen molar-refractivity contribution in [3.05, 3.63) is 36.0 Å². The summed E-state index contributed by atoms with van der Waals surface area (Å²) >= 11 is 0. The molecule has 3 N–H and O–H groups in total. The summed E-state index contributed by atoms with van der Waals surface area (Å²) in [7, 11) is 0. The highest BCUT2D eigenvalue weighted by Gasteiger charge is 2.32. The fourth-order valence-electron chi connectivity index (χ4n) is 2.69. The van der Waals surface area contributed by atoms with Crippen molar-refractivity contribution in [2.24, 2.45) is 5.92 Å². The Labute approximate surface area is 161 Å². The summed E-state index contributed by atoms with van der Waals surface area (Å²) in [5.41, 5.74) is 0.962. The fourth-order valence-corrected chi connectivity index (χ4v) is 2.69. The van der Waals surface area contributed by atoms with Crippen molar-refractivity contribution in [3.8, 4) is 5.75 Å². The van der Waals surface area contributed by atoms with Crippen molar-refractivity contribution in [2.75, 3.05) is 17.2 Å². The number of rotatable bonds is 8. The second-order valence-electron chi connectivity index (χ2n) is 7.12. The molecule has 1 aromatic carbocycles. The summed E-state index contributed by atoms with van der Waals surface area (Å²) < 4.78 is 42.0. The van der Waals surface area contributed by atoms with E-state index in [1.165, 1.54) is 18.2 Å². The molecular formula is C19H23F3N4O2. The van der Waals surface area contributed by atoms with Crippen LogP contribution in [-0.2, 0) is 0 Å². The Morgan fingerprint density at radius 3 is 2.54 bits per heavy atom. The lowest BCUT2D eigenvalue weighted by molar-refractivity contribution is -0.274. The van der Waals surface area contributed by atoms with Crippen molar-refractivity contribution in [1.82, 2.24) is 9.97 Å². The molecule has 0 saturated heterocycles. The zero-order chi connectivity index (χ0) is 20.3. The first kappa shape index (κ1) is 20.2. The number of halogens is 3. The van der Waals surface area contributed by atoms with Gasteiger partial charge in [0, 0.05) is 12.0 Å². The summed E-state index contributed by atoms with van der Waals surface area (Å²) in [6.07, 6.45) is -2.77. The molecule has 0 unspecified atom stereocenters. The smallest absolute Gasteiger partial charge is 0.404 e. The van der Waals surface area contributed by atoms with Gasteiger partial charge in [0.25, 0.3) is 0 Å². The van der Waals surface area contributed by atoms with Crippen LogP contribution in [0.15, 0.2) is 30.3 Å². The van der Waals surface area contributed by atoms with Gasteiger partial charge in [-0.2, -0.15) is 4.98 Å². The summed E-state index contributed by atoms with van der Waals surface area (Å²) in [5, 5.41) is 15.5. The molecule has 1 saturated carbocycles. The normalized spacial score (nSPS) is 15.4.